The number of aryl methyl sites for hydroxylation is 1. The lowest BCUT2D eigenvalue weighted by Gasteiger charge is -2.22. The number of benzene rings is 2. The van der Waals surface area contributed by atoms with Crippen LogP contribution in [0.2, 0.25) is 5.02 Å². The van der Waals surface area contributed by atoms with Crippen molar-refractivity contribution in [2.45, 2.75) is 13.0 Å². The molecule has 1 saturated heterocycles. The predicted molar refractivity (Wildman–Crippen MR) is 141 cm³/mol. The number of rotatable bonds is 6. The number of aliphatic hydroxyl groups excluding tert-OH is 1. The Balaban J connectivity index is 1.73. The number of nitrogens with zero attached hydrogens (tertiary/aromatic N) is 2. The van der Waals surface area contributed by atoms with Crippen LogP contribution in [0.4, 0.5) is 5.95 Å². The molecular weight excluding hydrogens is 518 g/mol. The van der Waals surface area contributed by atoms with Gasteiger partial charge in [0.2, 0.25) is 5.95 Å². The van der Waals surface area contributed by atoms with E-state index in [0.29, 0.717) is 27.4 Å². The van der Waals surface area contributed by atoms with Crippen molar-refractivity contribution in [2.24, 2.45) is 0 Å². The predicted octanol–water partition coefficient (Wildman–Crippen LogP) is 5.24. The molecule has 3 heterocycles. The number of fused-ring (bicyclic) bond motifs is 1. The summed E-state index contributed by atoms with van der Waals surface area (Å²) in [6.07, 6.45) is 0. The van der Waals surface area contributed by atoms with Crippen molar-refractivity contribution in [2.75, 3.05) is 26.2 Å². The van der Waals surface area contributed by atoms with Gasteiger partial charge in [0.25, 0.3) is 5.78 Å². The standard InChI is InChI=1S/C26H22ClN3O6S/c1-12-8-13(24(36-4)14(27)9-12)22(31)20-21(19-6-5-7-37-19)30(25(33)23(20)32)26-28-15-10-17(34-2)18(35-3)11-16(15)29-26/h5-11,21,31H,1-4H3,(H,28,29)/b22-20+. The largest absolute Gasteiger partial charge is 0.507 e. The van der Waals surface area contributed by atoms with E-state index in [4.69, 9.17) is 25.8 Å². The van der Waals surface area contributed by atoms with Gasteiger partial charge >= 0.3 is 5.91 Å². The number of carbonyl (C=O) groups is 2. The fourth-order valence-electron chi connectivity index (χ4n) is 4.46. The Morgan fingerprint density at radius 3 is 2.49 bits per heavy atom. The number of imidazole rings is 1. The number of hydrogen-bond acceptors (Lipinski definition) is 8. The molecule has 190 valence electrons. The molecule has 11 heteroatoms. The Bertz CT molecular complexity index is 1540. The smallest absolute Gasteiger partial charge is 0.302 e. The summed E-state index contributed by atoms with van der Waals surface area (Å²) in [7, 11) is 4.44. The third kappa shape index (κ3) is 3.98. The molecule has 2 aromatic heterocycles. The molecule has 2 N–H and O–H groups in total. The molecule has 1 unspecified atom stereocenters. The number of ether oxygens (including phenoxy) is 3. The average Bonchev–Trinajstić information content (AvgIpc) is 3.60. The van der Waals surface area contributed by atoms with E-state index in [9.17, 15) is 14.7 Å². The van der Waals surface area contributed by atoms with E-state index in [1.165, 1.54) is 37.6 Å². The second-order valence-corrected chi connectivity index (χ2v) is 9.68. The summed E-state index contributed by atoms with van der Waals surface area (Å²) in [5.74, 6) is -0.801. The number of carbonyl (C=O) groups excluding carboxylic acids is 2. The summed E-state index contributed by atoms with van der Waals surface area (Å²) < 4.78 is 16.1. The first kappa shape index (κ1) is 24.7. The summed E-state index contributed by atoms with van der Waals surface area (Å²) in [5, 5.41) is 13.6. The lowest BCUT2D eigenvalue weighted by atomic mass is 9.98. The van der Waals surface area contributed by atoms with Crippen LogP contribution >= 0.6 is 22.9 Å². The Morgan fingerprint density at radius 1 is 1.11 bits per heavy atom. The van der Waals surface area contributed by atoms with Crippen molar-refractivity contribution in [1.29, 1.82) is 0 Å². The minimum atomic E-state index is -0.937. The SMILES string of the molecule is COc1cc2nc(N3C(=O)C(=O)/C(=C(/O)c4cc(C)cc(Cl)c4OC)C3c3cccs3)[nH]c2cc1OC. The summed E-state index contributed by atoms with van der Waals surface area (Å²) >= 11 is 7.70. The van der Waals surface area contributed by atoms with Crippen LogP contribution in [0, 0.1) is 6.92 Å². The van der Waals surface area contributed by atoms with Crippen LogP contribution in [0.15, 0.2) is 47.4 Å². The number of ketones is 1. The first-order valence-corrected chi connectivity index (χ1v) is 12.4. The van der Waals surface area contributed by atoms with Crippen molar-refractivity contribution >= 4 is 57.4 Å². The minimum absolute atomic E-state index is 0.0944. The number of thiophene rings is 1. The first-order valence-electron chi connectivity index (χ1n) is 11.1. The molecule has 1 aliphatic heterocycles. The Morgan fingerprint density at radius 2 is 1.84 bits per heavy atom. The number of nitrogens with one attached hydrogen (secondary N) is 1. The van der Waals surface area contributed by atoms with E-state index in [2.05, 4.69) is 9.97 Å². The molecule has 1 atom stereocenters. The zero-order valence-corrected chi connectivity index (χ0v) is 21.9. The lowest BCUT2D eigenvalue weighted by molar-refractivity contribution is -0.132. The minimum Gasteiger partial charge on any atom is -0.507 e. The van der Waals surface area contributed by atoms with E-state index in [1.807, 2.05) is 5.38 Å². The Kier molecular flexibility index (Phi) is 6.30. The Labute approximate surface area is 220 Å². The van der Waals surface area contributed by atoms with Crippen molar-refractivity contribution in [3.8, 4) is 17.2 Å². The Hall–Kier alpha value is -4.02. The third-order valence-electron chi connectivity index (χ3n) is 6.11. The summed E-state index contributed by atoms with van der Waals surface area (Å²) in [4.78, 5) is 36.5. The van der Waals surface area contributed by atoms with Crippen molar-refractivity contribution in [3.63, 3.8) is 0 Å². The topological polar surface area (TPSA) is 114 Å². The molecule has 1 fully saturated rings. The van der Waals surface area contributed by atoms with Crippen LogP contribution in [0.25, 0.3) is 16.8 Å². The number of H-pyrrole nitrogens is 1. The van der Waals surface area contributed by atoms with E-state index in [0.717, 1.165) is 5.56 Å². The van der Waals surface area contributed by atoms with Crippen LogP contribution in [0.3, 0.4) is 0 Å². The van der Waals surface area contributed by atoms with Gasteiger partial charge in [0.05, 0.1) is 48.5 Å². The highest BCUT2D eigenvalue weighted by Gasteiger charge is 2.49. The fourth-order valence-corrected chi connectivity index (χ4v) is 5.64. The lowest BCUT2D eigenvalue weighted by Crippen LogP contribution is -2.30. The van der Waals surface area contributed by atoms with Crippen LogP contribution in [0.5, 0.6) is 17.2 Å². The maximum atomic E-state index is 13.4. The molecule has 2 aromatic carbocycles. The number of Topliss-reactive ketones (excluding diaryl/α,β-unsaturated/α-hetero) is 1. The van der Waals surface area contributed by atoms with Crippen LogP contribution < -0.4 is 19.1 Å². The maximum Gasteiger partial charge on any atom is 0.302 e. The second-order valence-electron chi connectivity index (χ2n) is 8.30. The monoisotopic (exact) mass is 539 g/mol. The van der Waals surface area contributed by atoms with Gasteiger partial charge in [0, 0.05) is 17.0 Å². The molecule has 4 aromatic rings. The van der Waals surface area contributed by atoms with Gasteiger partial charge in [-0.1, -0.05) is 17.7 Å². The van der Waals surface area contributed by atoms with E-state index < -0.39 is 17.7 Å². The average molecular weight is 540 g/mol. The zero-order chi connectivity index (χ0) is 26.4. The highest BCUT2D eigenvalue weighted by atomic mass is 35.5. The third-order valence-corrected chi connectivity index (χ3v) is 7.31. The van der Waals surface area contributed by atoms with E-state index in [1.54, 1.807) is 43.3 Å². The molecule has 0 saturated carbocycles. The quantitative estimate of drug-likeness (QED) is 0.196. The second kappa shape index (κ2) is 9.45. The number of methoxy groups -OCH3 is 3. The molecule has 0 bridgehead atoms. The number of aromatic amines is 1. The van der Waals surface area contributed by atoms with Gasteiger partial charge in [-0.15, -0.1) is 11.3 Å². The normalized spacial score (nSPS) is 17.0. The van der Waals surface area contributed by atoms with E-state index >= 15 is 0 Å². The van der Waals surface area contributed by atoms with Gasteiger partial charge in [0.15, 0.2) is 11.5 Å². The van der Waals surface area contributed by atoms with Gasteiger partial charge in [-0.3, -0.25) is 14.5 Å². The number of anilines is 1. The fraction of sp³-hybridized carbons (Fsp3) is 0.192. The van der Waals surface area contributed by atoms with Crippen LogP contribution in [-0.2, 0) is 9.59 Å². The van der Waals surface area contributed by atoms with Gasteiger partial charge in [-0.2, -0.15) is 0 Å². The molecule has 0 spiro atoms. The van der Waals surface area contributed by atoms with Gasteiger partial charge in [-0.25, -0.2) is 4.98 Å². The first-order chi connectivity index (χ1) is 17.8. The number of halogens is 1. The number of amides is 1. The van der Waals surface area contributed by atoms with Crippen LogP contribution in [0.1, 0.15) is 22.0 Å². The van der Waals surface area contributed by atoms with Gasteiger partial charge < -0.3 is 24.3 Å². The summed E-state index contributed by atoms with van der Waals surface area (Å²) in [6, 6.07) is 9.36. The van der Waals surface area contributed by atoms with Gasteiger partial charge in [0.1, 0.15) is 17.6 Å². The number of aromatic nitrogens is 2. The molecule has 37 heavy (non-hydrogen) atoms. The highest BCUT2D eigenvalue weighted by molar-refractivity contribution is 7.10. The van der Waals surface area contributed by atoms with Crippen molar-refractivity contribution in [3.05, 3.63) is 68.4 Å². The van der Waals surface area contributed by atoms with Gasteiger partial charge in [-0.05, 0) is 36.1 Å². The molecule has 0 aliphatic carbocycles. The molecule has 0 radical (unpaired) electrons. The highest BCUT2D eigenvalue weighted by Crippen LogP contribution is 2.45. The summed E-state index contributed by atoms with van der Waals surface area (Å²) in [6.45, 7) is 1.80. The number of aliphatic hydroxyl groups is 1. The molecule has 5 rings (SSSR count). The zero-order valence-electron chi connectivity index (χ0n) is 20.3. The van der Waals surface area contributed by atoms with Crippen LogP contribution in [-0.4, -0.2) is 48.1 Å². The summed E-state index contributed by atoms with van der Waals surface area (Å²) in [5.41, 5.74) is 1.95. The van der Waals surface area contributed by atoms with E-state index in [-0.39, 0.29) is 33.6 Å². The molecule has 9 nitrogen and oxygen atoms in total. The maximum absolute atomic E-state index is 13.4. The molecular formula is C26H22ClN3O6S. The molecule has 1 amide bonds. The molecule has 1 aliphatic rings. The van der Waals surface area contributed by atoms with Crippen molar-refractivity contribution in [1.82, 2.24) is 9.97 Å². The number of hydrogen-bond donors (Lipinski definition) is 2. The van der Waals surface area contributed by atoms with Crippen molar-refractivity contribution < 1.29 is 28.9 Å².